The number of benzene rings is 1. The summed E-state index contributed by atoms with van der Waals surface area (Å²) in [4.78, 5) is 15.5. The van der Waals surface area contributed by atoms with Crippen molar-refractivity contribution in [2.45, 2.75) is 5.75 Å². The van der Waals surface area contributed by atoms with Gasteiger partial charge in [-0.05, 0) is 23.8 Å². The number of nitrogens with zero attached hydrogens (tertiary/aromatic N) is 2. The zero-order valence-corrected chi connectivity index (χ0v) is 12.8. The summed E-state index contributed by atoms with van der Waals surface area (Å²) < 4.78 is 0. The first kappa shape index (κ1) is 15.5. The summed E-state index contributed by atoms with van der Waals surface area (Å²) in [6, 6.07) is 11.3. The second kappa shape index (κ2) is 8.44. The van der Waals surface area contributed by atoms with Gasteiger partial charge in [0, 0.05) is 28.7 Å². The minimum absolute atomic E-state index is 0.130. The fourth-order valence-corrected chi connectivity index (χ4v) is 2.41. The van der Waals surface area contributed by atoms with Gasteiger partial charge in [0.05, 0.1) is 12.0 Å². The number of hydrogen-bond donors (Lipinski definition) is 1. The molecule has 0 aliphatic carbocycles. The van der Waals surface area contributed by atoms with Crippen molar-refractivity contribution in [2.24, 2.45) is 5.10 Å². The maximum Gasteiger partial charge on any atom is 0.250 e. The molecule has 21 heavy (non-hydrogen) atoms. The smallest absolute Gasteiger partial charge is 0.250 e. The molecule has 0 atom stereocenters. The number of thioether (sulfide) groups is 1. The van der Waals surface area contributed by atoms with Gasteiger partial charge >= 0.3 is 0 Å². The molecule has 0 unspecified atom stereocenters. The van der Waals surface area contributed by atoms with Gasteiger partial charge in [0.25, 0.3) is 0 Å². The van der Waals surface area contributed by atoms with Crippen molar-refractivity contribution in [3.63, 3.8) is 0 Å². The minimum Gasteiger partial charge on any atom is -0.272 e. The van der Waals surface area contributed by atoms with Gasteiger partial charge in [0.2, 0.25) is 5.91 Å². The third-order valence-electron chi connectivity index (χ3n) is 2.50. The third-order valence-corrected chi connectivity index (χ3v) is 3.76. The highest BCUT2D eigenvalue weighted by molar-refractivity contribution is 7.99. The normalized spacial score (nSPS) is 10.7. The maximum atomic E-state index is 11.6. The van der Waals surface area contributed by atoms with Crippen LogP contribution < -0.4 is 5.43 Å². The van der Waals surface area contributed by atoms with Crippen LogP contribution in [0.5, 0.6) is 0 Å². The molecule has 108 valence electrons. The van der Waals surface area contributed by atoms with Gasteiger partial charge in [-0.2, -0.15) is 5.10 Å². The van der Waals surface area contributed by atoms with Crippen LogP contribution in [0.3, 0.4) is 0 Å². The zero-order chi connectivity index (χ0) is 14.9. The molecule has 0 aliphatic heterocycles. The van der Waals surface area contributed by atoms with Crippen molar-refractivity contribution in [1.29, 1.82) is 0 Å². The van der Waals surface area contributed by atoms with Crippen molar-refractivity contribution in [3.05, 3.63) is 64.9 Å². The molecule has 0 bridgehead atoms. The van der Waals surface area contributed by atoms with Crippen molar-refractivity contribution >= 4 is 35.5 Å². The van der Waals surface area contributed by atoms with Crippen LogP contribution in [0.25, 0.3) is 0 Å². The summed E-state index contributed by atoms with van der Waals surface area (Å²) in [6.07, 6.45) is 4.92. The first-order valence-corrected chi connectivity index (χ1v) is 7.81. The maximum absolute atomic E-state index is 11.6. The Morgan fingerprint density at radius 3 is 2.86 bits per heavy atom. The lowest BCUT2D eigenvalue weighted by atomic mass is 10.2. The summed E-state index contributed by atoms with van der Waals surface area (Å²) in [6.45, 7) is 0. The molecule has 2 aromatic rings. The quantitative estimate of drug-likeness (QED) is 0.657. The Labute approximate surface area is 132 Å². The predicted octanol–water partition coefficient (Wildman–Crippen LogP) is 3.12. The average molecular weight is 320 g/mol. The summed E-state index contributed by atoms with van der Waals surface area (Å²) >= 11 is 7.34. The molecule has 0 fully saturated rings. The average Bonchev–Trinajstić information content (AvgIpc) is 2.50. The van der Waals surface area contributed by atoms with Gasteiger partial charge in [-0.3, -0.25) is 9.78 Å². The molecule has 0 radical (unpaired) electrons. The minimum atomic E-state index is -0.130. The summed E-state index contributed by atoms with van der Waals surface area (Å²) in [5.74, 6) is 0.985. The monoisotopic (exact) mass is 319 g/mol. The van der Waals surface area contributed by atoms with E-state index in [4.69, 9.17) is 11.6 Å². The van der Waals surface area contributed by atoms with E-state index >= 15 is 0 Å². The summed E-state index contributed by atoms with van der Waals surface area (Å²) in [5.41, 5.74) is 4.46. The van der Waals surface area contributed by atoms with Crippen LogP contribution in [-0.4, -0.2) is 22.9 Å². The Hall–Kier alpha value is -1.85. The lowest BCUT2D eigenvalue weighted by Crippen LogP contribution is -2.19. The Balaban J connectivity index is 1.68. The van der Waals surface area contributed by atoms with Crippen LogP contribution in [0.2, 0.25) is 5.02 Å². The van der Waals surface area contributed by atoms with Crippen LogP contribution in [0.1, 0.15) is 11.1 Å². The fraction of sp³-hybridized carbons (Fsp3) is 0.133. The number of rotatable bonds is 6. The first-order valence-electron chi connectivity index (χ1n) is 6.28. The highest BCUT2D eigenvalue weighted by Gasteiger charge is 2.00. The number of halogens is 1. The van der Waals surface area contributed by atoms with Crippen LogP contribution in [0, 0.1) is 0 Å². The molecule has 1 aromatic carbocycles. The van der Waals surface area contributed by atoms with Crippen LogP contribution in [-0.2, 0) is 10.5 Å². The van der Waals surface area contributed by atoms with E-state index in [0.29, 0.717) is 10.8 Å². The highest BCUT2D eigenvalue weighted by Crippen LogP contribution is 2.15. The molecule has 1 N–H and O–H groups in total. The van der Waals surface area contributed by atoms with E-state index < -0.39 is 0 Å². The Bertz CT molecular complexity index is 602. The number of nitrogens with one attached hydrogen (secondary N) is 1. The van der Waals surface area contributed by atoms with Crippen LogP contribution in [0.4, 0.5) is 0 Å². The molecular weight excluding hydrogens is 306 g/mol. The SMILES string of the molecule is O=C(CSCc1ccc(Cl)cc1)N/N=C/c1cccnc1. The first-order chi connectivity index (χ1) is 10.2. The third kappa shape index (κ3) is 5.97. The molecule has 4 nitrogen and oxygen atoms in total. The second-order valence-corrected chi connectivity index (χ2v) is 5.62. The Kier molecular flexibility index (Phi) is 6.24. The van der Waals surface area contributed by atoms with Crippen molar-refractivity contribution in [1.82, 2.24) is 10.4 Å². The second-order valence-electron chi connectivity index (χ2n) is 4.20. The predicted molar refractivity (Wildman–Crippen MR) is 87.6 cm³/mol. The van der Waals surface area contributed by atoms with E-state index in [0.717, 1.165) is 16.9 Å². The number of pyridine rings is 1. The van der Waals surface area contributed by atoms with Crippen LogP contribution in [0.15, 0.2) is 53.9 Å². The molecule has 1 aromatic heterocycles. The standard InChI is InChI=1S/C15H14ClN3OS/c16-14-5-3-12(4-6-14)10-21-11-15(20)19-18-9-13-2-1-7-17-8-13/h1-9H,10-11H2,(H,19,20)/b18-9+. The number of carbonyl (C=O) groups is 1. The molecular formula is C15H14ClN3OS. The number of carbonyl (C=O) groups excluding carboxylic acids is 1. The van der Waals surface area contributed by atoms with Gasteiger partial charge in [-0.1, -0.05) is 29.8 Å². The van der Waals surface area contributed by atoms with Crippen LogP contribution >= 0.6 is 23.4 Å². The largest absolute Gasteiger partial charge is 0.272 e. The molecule has 0 saturated carbocycles. The number of amides is 1. The number of aromatic nitrogens is 1. The molecule has 0 spiro atoms. The van der Waals surface area contributed by atoms with Gasteiger partial charge in [-0.25, -0.2) is 5.43 Å². The number of hydrazone groups is 1. The van der Waals surface area contributed by atoms with Gasteiger partial charge < -0.3 is 0 Å². The van der Waals surface area contributed by atoms with Gasteiger partial charge in [0.15, 0.2) is 0 Å². The molecule has 6 heteroatoms. The van der Waals surface area contributed by atoms with E-state index in [1.807, 2.05) is 36.4 Å². The van der Waals surface area contributed by atoms with E-state index in [1.165, 1.54) is 11.8 Å². The fourth-order valence-electron chi connectivity index (χ4n) is 1.51. The zero-order valence-electron chi connectivity index (χ0n) is 11.2. The topological polar surface area (TPSA) is 54.4 Å². The molecule has 1 heterocycles. The number of hydrogen-bond acceptors (Lipinski definition) is 4. The summed E-state index contributed by atoms with van der Waals surface area (Å²) in [7, 11) is 0. The van der Waals surface area contributed by atoms with E-state index in [1.54, 1.807) is 18.6 Å². The van der Waals surface area contributed by atoms with Crippen molar-refractivity contribution < 1.29 is 4.79 Å². The Morgan fingerprint density at radius 2 is 2.14 bits per heavy atom. The van der Waals surface area contributed by atoms with Crippen molar-refractivity contribution in [3.8, 4) is 0 Å². The summed E-state index contributed by atoms with van der Waals surface area (Å²) in [5, 5.41) is 4.60. The molecule has 1 amide bonds. The molecule has 2 rings (SSSR count). The Morgan fingerprint density at radius 1 is 1.33 bits per heavy atom. The van der Waals surface area contributed by atoms with E-state index in [2.05, 4.69) is 15.5 Å². The van der Waals surface area contributed by atoms with Gasteiger partial charge in [0.1, 0.15) is 0 Å². The molecule has 0 aliphatic rings. The lowest BCUT2D eigenvalue weighted by Gasteiger charge is -2.01. The van der Waals surface area contributed by atoms with Crippen molar-refractivity contribution in [2.75, 3.05) is 5.75 Å². The van der Waals surface area contributed by atoms with E-state index in [-0.39, 0.29) is 5.91 Å². The highest BCUT2D eigenvalue weighted by atomic mass is 35.5. The van der Waals surface area contributed by atoms with E-state index in [9.17, 15) is 4.79 Å². The lowest BCUT2D eigenvalue weighted by molar-refractivity contribution is -0.118. The van der Waals surface area contributed by atoms with Gasteiger partial charge in [-0.15, -0.1) is 11.8 Å². The molecule has 0 saturated heterocycles.